The summed E-state index contributed by atoms with van der Waals surface area (Å²) in [5.41, 5.74) is -0.599. The Labute approximate surface area is 83.5 Å². The molecule has 0 heterocycles. The molecule has 13 heavy (non-hydrogen) atoms. The van der Waals surface area contributed by atoms with E-state index in [0.717, 1.165) is 38.5 Å². The summed E-state index contributed by atoms with van der Waals surface area (Å²) in [7, 11) is 0. The van der Waals surface area contributed by atoms with Crippen LogP contribution in [0.5, 0.6) is 0 Å². The van der Waals surface area contributed by atoms with Crippen molar-refractivity contribution in [1.82, 2.24) is 0 Å². The van der Waals surface area contributed by atoms with Gasteiger partial charge in [0.25, 0.3) is 0 Å². The van der Waals surface area contributed by atoms with Gasteiger partial charge in [-0.3, -0.25) is 0 Å². The van der Waals surface area contributed by atoms with Crippen molar-refractivity contribution >= 4 is 0 Å². The van der Waals surface area contributed by atoms with Crippen LogP contribution in [0.1, 0.15) is 72.1 Å². The van der Waals surface area contributed by atoms with Crippen molar-refractivity contribution in [2.75, 3.05) is 0 Å². The molecule has 0 amide bonds. The summed E-state index contributed by atoms with van der Waals surface area (Å²) in [4.78, 5) is 0. The van der Waals surface area contributed by atoms with Crippen molar-refractivity contribution in [2.45, 2.75) is 77.7 Å². The number of hydrogen-bond donors (Lipinski definition) is 0. The largest absolute Gasteiger partial charge is 0.229 e. The first-order chi connectivity index (χ1) is 6.18. The van der Waals surface area contributed by atoms with Crippen molar-refractivity contribution in [1.29, 1.82) is 0 Å². The van der Waals surface area contributed by atoms with Gasteiger partial charge in [-0.05, 0) is 19.3 Å². The van der Waals surface area contributed by atoms with Gasteiger partial charge in [0.15, 0.2) is 0 Å². The summed E-state index contributed by atoms with van der Waals surface area (Å²) in [5, 5.41) is 12.2. The molecule has 0 unspecified atom stereocenters. The standard InChI is InChI=1S/C12H25O/c1-4-7-8-11-12(13,9-5-2)10-6-3/h4-11H2,1-3H3. The lowest BCUT2D eigenvalue weighted by Crippen LogP contribution is -2.26. The monoisotopic (exact) mass is 185 g/mol. The molecule has 1 heteroatoms. The van der Waals surface area contributed by atoms with Gasteiger partial charge in [0.2, 0.25) is 0 Å². The predicted molar refractivity (Wildman–Crippen MR) is 57.4 cm³/mol. The highest BCUT2D eigenvalue weighted by atomic mass is 16.3. The van der Waals surface area contributed by atoms with Crippen LogP contribution in [0.3, 0.4) is 0 Å². The van der Waals surface area contributed by atoms with Crippen LogP contribution in [0, 0.1) is 0 Å². The Hall–Kier alpha value is -0.0400. The van der Waals surface area contributed by atoms with Gasteiger partial charge in [-0.1, -0.05) is 52.9 Å². The zero-order valence-corrected chi connectivity index (χ0v) is 9.57. The molecule has 0 aliphatic carbocycles. The van der Waals surface area contributed by atoms with Crippen LogP contribution in [0.2, 0.25) is 0 Å². The van der Waals surface area contributed by atoms with Gasteiger partial charge < -0.3 is 0 Å². The average molecular weight is 185 g/mol. The predicted octanol–water partition coefficient (Wildman–Crippen LogP) is 4.34. The Balaban J connectivity index is 3.76. The zero-order valence-electron chi connectivity index (χ0n) is 9.57. The van der Waals surface area contributed by atoms with Gasteiger partial charge in [-0.2, -0.15) is 0 Å². The Morgan fingerprint density at radius 2 is 1.31 bits per heavy atom. The Morgan fingerprint density at radius 1 is 0.769 bits per heavy atom. The third-order valence-corrected chi connectivity index (χ3v) is 2.65. The molecule has 0 saturated heterocycles. The molecule has 0 aliphatic rings. The molecular weight excluding hydrogens is 160 g/mol. The quantitative estimate of drug-likeness (QED) is 0.501. The lowest BCUT2D eigenvalue weighted by atomic mass is 9.87. The fraction of sp³-hybridized carbons (Fsp3) is 1.00. The van der Waals surface area contributed by atoms with Gasteiger partial charge in [0, 0.05) is 0 Å². The SMILES string of the molecule is CCCCCC([O])(CCC)CCC. The molecule has 0 atom stereocenters. The molecular formula is C12H25O. The van der Waals surface area contributed by atoms with Crippen molar-refractivity contribution in [3.8, 4) is 0 Å². The van der Waals surface area contributed by atoms with Gasteiger partial charge >= 0.3 is 0 Å². The normalized spacial score (nSPS) is 12.0. The average Bonchev–Trinajstić information content (AvgIpc) is 2.05. The van der Waals surface area contributed by atoms with E-state index in [1.807, 2.05) is 0 Å². The summed E-state index contributed by atoms with van der Waals surface area (Å²) in [5.74, 6) is 0. The van der Waals surface area contributed by atoms with Crippen molar-refractivity contribution in [3.05, 3.63) is 0 Å². The van der Waals surface area contributed by atoms with E-state index < -0.39 is 5.60 Å². The van der Waals surface area contributed by atoms with E-state index >= 15 is 0 Å². The van der Waals surface area contributed by atoms with E-state index in [0.29, 0.717) is 0 Å². The Bertz CT molecular complexity index is 104. The molecule has 0 rings (SSSR count). The maximum absolute atomic E-state index is 12.2. The lowest BCUT2D eigenvalue weighted by molar-refractivity contribution is -0.0532. The summed E-state index contributed by atoms with van der Waals surface area (Å²) < 4.78 is 0. The van der Waals surface area contributed by atoms with Crippen molar-refractivity contribution in [3.63, 3.8) is 0 Å². The summed E-state index contributed by atoms with van der Waals surface area (Å²) in [6.07, 6.45) is 8.26. The summed E-state index contributed by atoms with van der Waals surface area (Å²) in [6.45, 7) is 6.41. The highest BCUT2D eigenvalue weighted by Crippen LogP contribution is 2.26. The maximum Gasteiger partial charge on any atom is 0.104 e. The molecule has 0 spiro atoms. The maximum atomic E-state index is 12.2. The van der Waals surface area contributed by atoms with Crippen molar-refractivity contribution < 1.29 is 5.11 Å². The molecule has 0 bridgehead atoms. The molecule has 0 aromatic carbocycles. The minimum atomic E-state index is -0.599. The topological polar surface area (TPSA) is 19.9 Å². The Morgan fingerprint density at radius 3 is 1.69 bits per heavy atom. The summed E-state index contributed by atoms with van der Waals surface area (Å²) >= 11 is 0. The molecule has 79 valence electrons. The van der Waals surface area contributed by atoms with Crippen LogP contribution in [0.25, 0.3) is 0 Å². The highest BCUT2D eigenvalue weighted by Gasteiger charge is 2.25. The first-order valence-electron chi connectivity index (χ1n) is 5.89. The summed E-state index contributed by atoms with van der Waals surface area (Å²) in [6, 6.07) is 0. The van der Waals surface area contributed by atoms with E-state index in [-0.39, 0.29) is 0 Å². The molecule has 1 nitrogen and oxygen atoms in total. The van der Waals surface area contributed by atoms with Gasteiger partial charge in [0.05, 0.1) is 0 Å². The Kier molecular flexibility index (Phi) is 7.35. The van der Waals surface area contributed by atoms with E-state index in [4.69, 9.17) is 0 Å². The molecule has 1 radical (unpaired) electrons. The number of unbranched alkanes of at least 4 members (excludes halogenated alkanes) is 2. The second-order valence-corrected chi connectivity index (χ2v) is 4.14. The third kappa shape index (κ3) is 6.09. The van der Waals surface area contributed by atoms with E-state index in [1.54, 1.807) is 0 Å². The van der Waals surface area contributed by atoms with Crippen LogP contribution < -0.4 is 0 Å². The van der Waals surface area contributed by atoms with Gasteiger partial charge in [0.1, 0.15) is 5.60 Å². The van der Waals surface area contributed by atoms with Crippen molar-refractivity contribution in [2.24, 2.45) is 0 Å². The first kappa shape index (κ1) is 13.0. The second kappa shape index (κ2) is 7.37. The third-order valence-electron chi connectivity index (χ3n) is 2.65. The van der Waals surface area contributed by atoms with Gasteiger partial charge in [-0.25, -0.2) is 5.11 Å². The van der Waals surface area contributed by atoms with Crippen LogP contribution in [0.15, 0.2) is 0 Å². The smallest absolute Gasteiger partial charge is 0.104 e. The van der Waals surface area contributed by atoms with Crippen LogP contribution in [-0.4, -0.2) is 5.60 Å². The zero-order chi connectivity index (χ0) is 10.2. The minimum absolute atomic E-state index is 0.599. The number of rotatable bonds is 8. The molecule has 0 aliphatic heterocycles. The van der Waals surface area contributed by atoms with E-state index in [9.17, 15) is 5.11 Å². The van der Waals surface area contributed by atoms with E-state index in [1.165, 1.54) is 12.8 Å². The first-order valence-corrected chi connectivity index (χ1v) is 5.89. The molecule has 0 aromatic heterocycles. The van der Waals surface area contributed by atoms with Crippen LogP contribution >= 0.6 is 0 Å². The van der Waals surface area contributed by atoms with E-state index in [2.05, 4.69) is 20.8 Å². The van der Waals surface area contributed by atoms with Crippen LogP contribution in [-0.2, 0) is 5.11 Å². The molecule has 0 fully saturated rings. The fourth-order valence-corrected chi connectivity index (χ4v) is 1.98. The van der Waals surface area contributed by atoms with Gasteiger partial charge in [-0.15, -0.1) is 0 Å². The number of hydrogen-bond acceptors (Lipinski definition) is 0. The second-order valence-electron chi connectivity index (χ2n) is 4.14. The van der Waals surface area contributed by atoms with Crippen LogP contribution in [0.4, 0.5) is 0 Å². The fourth-order valence-electron chi connectivity index (χ4n) is 1.98. The molecule has 0 N–H and O–H groups in total. The lowest BCUT2D eigenvalue weighted by Gasteiger charge is -2.24. The molecule has 0 aromatic rings. The highest BCUT2D eigenvalue weighted by molar-refractivity contribution is 4.76. The minimum Gasteiger partial charge on any atom is -0.229 e. The molecule has 0 saturated carbocycles.